The Balaban J connectivity index is 1.90. The molecule has 0 aromatic heterocycles. The average molecular weight is 355 g/mol. The number of nitrogens with two attached hydrogens (primary N) is 1. The highest BCUT2D eigenvalue weighted by Gasteiger charge is 2.32. The number of anilines is 1. The largest absolute Gasteiger partial charge is 0.398 e. The molecule has 1 aliphatic rings. The molecule has 0 aliphatic heterocycles. The lowest BCUT2D eigenvalue weighted by Gasteiger charge is -2.35. The molecule has 1 aliphatic carbocycles. The normalized spacial score (nSPS) is 25.6. The van der Waals surface area contributed by atoms with Gasteiger partial charge >= 0.3 is 0 Å². The van der Waals surface area contributed by atoms with Gasteiger partial charge in [0.2, 0.25) is 0 Å². The third-order valence-corrected chi connectivity index (χ3v) is 5.17. The highest BCUT2D eigenvalue weighted by molar-refractivity contribution is 9.10. The number of hydrogen-bond donors (Lipinski definition) is 3. The van der Waals surface area contributed by atoms with E-state index in [1.54, 1.807) is 18.2 Å². The second-order valence-electron chi connectivity index (χ2n) is 5.99. The molecule has 5 heteroatoms. The van der Waals surface area contributed by atoms with E-state index in [0.29, 0.717) is 23.7 Å². The lowest BCUT2D eigenvalue weighted by molar-refractivity contribution is -0.00786. The number of amides is 1. The van der Waals surface area contributed by atoms with Gasteiger partial charge in [-0.2, -0.15) is 0 Å². The van der Waals surface area contributed by atoms with Gasteiger partial charge in [-0.3, -0.25) is 4.79 Å². The van der Waals surface area contributed by atoms with Crippen LogP contribution in [0.2, 0.25) is 0 Å². The van der Waals surface area contributed by atoms with Gasteiger partial charge in [-0.1, -0.05) is 13.3 Å². The van der Waals surface area contributed by atoms with Gasteiger partial charge in [0.25, 0.3) is 5.91 Å². The van der Waals surface area contributed by atoms with Gasteiger partial charge in [-0.15, -0.1) is 0 Å². The molecule has 0 bridgehead atoms. The van der Waals surface area contributed by atoms with E-state index in [0.717, 1.165) is 30.2 Å². The van der Waals surface area contributed by atoms with Crippen molar-refractivity contribution in [2.45, 2.75) is 44.6 Å². The smallest absolute Gasteiger partial charge is 0.251 e. The third kappa shape index (κ3) is 4.20. The van der Waals surface area contributed by atoms with Gasteiger partial charge in [0.1, 0.15) is 0 Å². The number of nitrogens with one attached hydrogen (secondary N) is 1. The van der Waals surface area contributed by atoms with Crippen LogP contribution in [0.1, 0.15) is 49.4 Å². The summed E-state index contributed by atoms with van der Waals surface area (Å²) in [4.78, 5) is 12.1. The van der Waals surface area contributed by atoms with Crippen molar-refractivity contribution >= 4 is 27.5 Å². The summed E-state index contributed by atoms with van der Waals surface area (Å²) in [5.41, 5.74) is 6.06. The molecule has 1 fully saturated rings. The molecule has 1 amide bonds. The molecular formula is C16H23BrN2O2. The first kappa shape index (κ1) is 16.3. The summed E-state index contributed by atoms with van der Waals surface area (Å²) in [7, 11) is 0. The van der Waals surface area contributed by atoms with Gasteiger partial charge in [0, 0.05) is 22.3 Å². The molecule has 0 spiro atoms. The van der Waals surface area contributed by atoms with Gasteiger partial charge in [0.05, 0.1) is 5.60 Å². The summed E-state index contributed by atoms with van der Waals surface area (Å²) in [6.07, 6.45) is 4.76. The van der Waals surface area contributed by atoms with Crippen molar-refractivity contribution in [2.24, 2.45) is 5.92 Å². The fourth-order valence-corrected chi connectivity index (χ4v) is 3.08. The predicted octanol–water partition coefficient (Wildman–Crippen LogP) is 3.09. The zero-order valence-corrected chi connectivity index (χ0v) is 13.9. The summed E-state index contributed by atoms with van der Waals surface area (Å²) in [5, 5.41) is 13.4. The van der Waals surface area contributed by atoms with E-state index in [4.69, 9.17) is 5.73 Å². The highest BCUT2D eigenvalue weighted by atomic mass is 79.9. The Morgan fingerprint density at radius 1 is 1.48 bits per heavy atom. The van der Waals surface area contributed by atoms with Crippen LogP contribution in [0.5, 0.6) is 0 Å². The van der Waals surface area contributed by atoms with E-state index in [1.807, 2.05) is 0 Å². The molecule has 116 valence electrons. The van der Waals surface area contributed by atoms with Crippen LogP contribution < -0.4 is 11.1 Å². The van der Waals surface area contributed by atoms with Crippen molar-refractivity contribution in [3.8, 4) is 0 Å². The summed E-state index contributed by atoms with van der Waals surface area (Å²) < 4.78 is 0.774. The molecule has 0 heterocycles. The maximum Gasteiger partial charge on any atom is 0.251 e. The Morgan fingerprint density at radius 3 is 2.71 bits per heavy atom. The van der Waals surface area contributed by atoms with E-state index >= 15 is 0 Å². The third-order valence-electron chi connectivity index (χ3n) is 4.45. The van der Waals surface area contributed by atoms with Crippen LogP contribution in [-0.4, -0.2) is 23.2 Å². The number of nitrogen functional groups attached to an aromatic ring is 1. The Hall–Kier alpha value is -1.07. The molecule has 1 aromatic carbocycles. The summed E-state index contributed by atoms with van der Waals surface area (Å²) in [5.74, 6) is 0.521. The number of benzene rings is 1. The second kappa shape index (κ2) is 6.79. The topological polar surface area (TPSA) is 75.3 Å². The molecular weight excluding hydrogens is 332 g/mol. The van der Waals surface area contributed by atoms with Crippen LogP contribution in [0.4, 0.5) is 5.69 Å². The van der Waals surface area contributed by atoms with Gasteiger partial charge in [-0.05, 0) is 65.7 Å². The molecule has 4 N–H and O–H groups in total. The SMILES string of the molecule is CCC1CCC(O)(CNC(=O)c2ccc(Br)c(N)c2)CC1. The number of carbonyl (C=O) groups excluding carboxylic acids is 1. The second-order valence-corrected chi connectivity index (χ2v) is 6.85. The fraction of sp³-hybridized carbons (Fsp3) is 0.562. The van der Waals surface area contributed by atoms with E-state index in [-0.39, 0.29) is 5.91 Å². The van der Waals surface area contributed by atoms with Crippen molar-refractivity contribution in [1.29, 1.82) is 0 Å². The Morgan fingerprint density at radius 2 is 2.14 bits per heavy atom. The number of hydrogen-bond acceptors (Lipinski definition) is 3. The number of aliphatic hydroxyl groups is 1. The molecule has 1 saturated carbocycles. The molecule has 1 aromatic rings. The maximum atomic E-state index is 12.1. The van der Waals surface area contributed by atoms with Crippen LogP contribution in [-0.2, 0) is 0 Å². The van der Waals surface area contributed by atoms with Crippen LogP contribution in [0.3, 0.4) is 0 Å². The van der Waals surface area contributed by atoms with Crippen molar-refractivity contribution in [2.75, 3.05) is 12.3 Å². The fourth-order valence-electron chi connectivity index (χ4n) is 2.83. The first-order valence-electron chi connectivity index (χ1n) is 7.49. The van der Waals surface area contributed by atoms with E-state index in [1.165, 1.54) is 6.42 Å². The van der Waals surface area contributed by atoms with Crippen LogP contribution in [0.25, 0.3) is 0 Å². The van der Waals surface area contributed by atoms with Crippen molar-refractivity contribution in [3.05, 3.63) is 28.2 Å². The van der Waals surface area contributed by atoms with Crippen LogP contribution in [0.15, 0.2) is 22.7 Å². The first-order chi connectivity index (χ1) is 9.93. The van der Waals surface area contributed by atoms with Gasteiger partial charge < -0.3 is 16.2 Å². The number of halogens is 1. The van der Waals surface area contributed by atoms with Crippen molar-refractivity contribution < 1.29 is 9.90 Å². The van der Waals surface area contributed by atoms with Crippen molar-refractivity contribution in [3.63, 3.8) is 0 Å². The molecule has 4 nitrogen and oxygen atoms in total. The zero-order valence-electron chi connectivity index (χ0n) is 12.4. The Bertz CT molecular complexity index is 511. The summed E-state index contributed by atoms with van der Waals surface area (Å²) in [6.45, 7) is 2.49. The molecule has 21 heavy (non-hydrogen) atoms. The Labute approximate surface area is 134 Å². The highest BCUT2D eigenvalue weighted by Crippen LogP contribution is 2.33. The lowest BCUT2D eigenvalue weighted by Crippen LogP contribution is -2.45. The lowest BCUT2D eigenvalue weighted by atomic mass is 9.78. The minimum Gasteiger partial charge on any atom is -0.398 e. The molecule has 0 atom stereocenters. The standard InChI is InChI=1S/C16H23BrN2O2/c1-2-11-5-7-16(21,8-6-11)10-19-15(20)12-3-4-13(17)14(18)9-12/h3-4,9,11,21H,2,5-8,10,18H2,1H3,(H,19,20). The quantitative estimate of drug-likeness (QED) is 0.727. The molecule has 0 saturated heterocycles. The first-order valence-corrected chi connectivity index (χ1v) is 8.28. The average Bonchev–Trinajstić information content (AvgIpc) is 2.48. The zero-order chi connectivity index (χ0) is 15.5. The van der Waals surface area contributed by atoms with Crippen LogP contribution >= 0.6 is 15.9 Å². The molecule has 0 radical (unpaired) electrons. The van der Waals surface area contributed by atoms with Crippen LogP contribution in [0, 0.1) is 5.92 Å². The summed E-state index contributed by atoms with van der Waals surface area (Å²) in [6, 6.07) is 5.11. The van der Waals surface area contributed by atoms with Gasteiger partial charge in [0.15, 0.2) is 0 Å². The van der Waals surface area contributed by atoms with E-state index < -0.39 is 5.60 Å². The number of rotatable bonds is 4. The molecule has 0 unspecified atom stereocenters. The predicted molar refractivity (Wildman–Crippen MR) is 88.1 cm³/mol. The van der Waals surface area contributed by atoms with E-state index in [2.05, 4.69) is 28.2 Å². The van der Waals surface area contributed by atoms with Gasteiger partial charge in [-0.25, -0.2) is 0 Å². The summed E-state index contributed by atoms with van der Waals surface area (Å²) >= 11 is 3.30. The Kier molecular flexibility index (Phi) is 5.27. The molecule has 2 rings (SSSR count). The number of carbonyl (C=O) groups is 1. The van der Waals surface area contributed by atoms with E-state index in [9.17, 15) is 9.90 Å². The minimum absolute atomic E-state index is 0.194. The van der Waals surface area contributed by atoms with Crippen molar-refractivity contribution in [1.82, 2.24) is 5.32 Å². The maximum absolute atomic E-state index is 12.1. The minimum atomic E-state index is -0.762. The monoisotopic (exact) mass is 354 g/mol.